The van der Waals surface area contributed by atoms with Gasteiger partial charge in [-0.05, 0) is 44.2 Å². The van der Waals surface area contributed by atoms with Crippen LogP contribution >= 0.6 is 0 Å². The molecule has 2 aromatic heterocycles. The van der Waals surface area contributed by atoms with Gasteiger partial charge < -0.3 is 32.6 Å². The Morgan fingerprint density at radius 2 is 1.69 bits per heavy atom. The van der Waals surface area contributed by atoms with E-state index < -0.39 is 5.97 Å². The highest BCUT2D eigenvalue weighted by Gasteiger charge is 2.18. The molecule has 0 amide bonds. The van der Waals surface area contributed by atoms with Gasteiger partial charge in [0.25, 0.3) is 5.89 Å². The Balaban J connectivity index is 1.40. The minimum atomic E-state index is -0.565. The highest BCUT2D eigenvalue weighted by atomic mass is 16.5. The van der Waals surface area contributed by atoms with E-state index in [4.69, 9.17) is 32.6 Å². The maximum absolute atomic E-state index is 12.6. The molecule has 0 N–H and O–H groups in total. The second kappa shape index (κ2) is 10.8. The van der Waals surface area contributed by atoms with Crippen molar-refractivity contribution in [1.82, 2.24) is 15.4 Å². The first-order chi connectivity index (χ1) is 17.4. The molecule has 0 spiro atoms. The van der Waals surface area contributed by atoms with Gasteiger partial charge in [-0.1, -0.05) is 11.2 Å². The van der Waals surface area contributed by atoms with E-state index in [1.54, 1.807) is 36.4 Å². The zero-order valence-corrected chi connectivity index (χ0v) is 20.5. The lowest BCUT2D eigenvalue weighted by Crippen LogP contribution is -2.06. The van der Waals surface area contributed by atoms with Crippen LogP contribution in [-0.4, -0.2) is 42.7 Å². The summed E-state index contributed by atoms with van der Waals surface area (Å²) in [5.41, 5.74) is 2.49. The smallest absolute Gasteiger partial charge is 0.338 e. The van der Waals surface area contributed by atoms with Crippen molar-refractivity contribution in [1.29, 1.82) is 0 Å². The van der Waals surface area contributed by atoms with Crippen LogP contribution in [0.1, 0.15) is 33.3 Å². The molecule has 0 aliphatic heterocycles. The van der Waals surface area contributed by atoms with Crippen molar-refractivity contribution in [2.45, 2.75) is 27.1 Å². The number of hydrogen-bond acceptors (Lipinski definition) is 11. The average Bonchev–Trinajstić information content (AvgIpc) is 3.51. The standard InChI is InChI=1S/C25H25N3O8/c1-14-19(15(2)36-28-14)12-33-18-8-6-7-16(9-18)25(29)34-13-22-26-27-24(35-22)17-10-20(30-3)23(32-5)21(11-17)31-4/h6-11H,12-13H2,1-5H3. The van der Waals surface area contributed by atoms with Gasteiger partial charge in [-0.3, -0.25) is 0 Å². The lowest BCUT2D eigenvalue weighted by molar-refractivity contribution is 0.0438. The van der Waals surface area contributed by atoms with Gasteiger partial charge in [0.1, 0.15) is 18.1 Å². The van der Waals surface area contributed by atoms with Gasteiger partial charge >= 0.3 is 5.97 Å². The molecule has 2 heterocycles. The number of nitrogens with zero attached hydrogens (tertiary/aromatic N) is 3. The fraction of sp³-hybridized carbons (Fsp3) is 0.280. The molecule has 2 aromatic carbocycles. The van der Waals surface area contributed by atoms with Crippen LogP contribution in [0.5, 0.6) is 23.0 Å². The highest BCUT2D eigenvalue weighted by molar-refractivity contribution is 5.89. The van der Waals surface area contributed by atoms with E-state index in [1.807, 2.05) is 13.8 Å². The summed E-state index contributed by atoms with van der Waals surface area (Å²) in [5.74, 6) is 2.28. The molecule has 4 rings (SSSR count). The molecule has 4 aromatic rings. The predicted molar refractivity (Wildman–Crippen MR) is 125 cm³/mol. The Hall–Kier alpha value is -4.54. The minimum absolute atomic E-state index is 0.123. The number of benzene rings is 2. The largest absolute Gasteiger partial charge is 0.493 e. The van der Waals surface area contributed by atoms with E-state index in [2.05, 4.69) is 15.4 Å². The summed E-state index contributed by atoms with van der Waals surface area (Å²) in [6.45, 7) is 3.72. The molecule has 0 fully saturated rings. The normalized spacial score (nSPS) is 10.7. The molecule has 0 saturated heterocycles. The fourth-order valence-corrected chi connectivity index (χ4v) is 3.42. The maximum atomic E-state index is 12.6. The number of aryl methyl sites for hydroxylation is 2. The van der Waals surface area contributed by atoms with Crippen LogP contribution in [0.2, 0.25) is 0 Å². The molecule has 0 aliphatic carbocycles. The first kappa shape index (κ1) is 24.6. The van der Waals surface area contributed by atoms with Crippen molar-refractivity contribution < 1.29 is 37.4 Å². The summed E-state index contributed by atoms with van der Waals surface area (Å²) in [6.07, 6.45) is 0. The zero-order chi connectivity index (χ0) is 25.7. The summed E-state index contributed by atoms with van der Waals surface area (Å²) in [5, 5.41) is 11.9. The number of carbonyl (C=O) groups excluding carboxylic acids is 1. The average molecular weight is 495 g/mol. The lowest BCUT2D eigenvalue weighted by Gasteiger charge is -2.12. The van der Waals surface area contributed by atoms with Crippen molar-refractivity contribution in [3.05, 3.63) is 64.9 Å². The van der Waals surface area contributed by atoms with E-state index in [0.717, 1.165) is 11.3 Å². The van der Waals surface area contributed by atoms with Crippen LogP contribution in [0.15, 0.2) is 45.3 Å². The molecule has 188 valence electrons. The van der Waals surface area contributed by atoms with Crippen molar-refractivity contribution in [3.63, 3.8) is 0 Å². The second-order valence-electron chi connectivity index (χ2n) is 7.61. The van der Waals surface area contributed by atoms with E-state index in [-0.39, 0.29) is 25.0 Å². The third kappa shape index (κ3) is 5.24. The lowest BCUT2D eigenvalue weighted by atomic mass is 10.2. The molecule has 0 atom stereocenters. The molecule has 0 saturated carbocycles. The first-order valence-electron chi connectivity index (χ1n) is 10.9. The van der Waals surface area contributed by atoms with Crippen LogP contribution in [0.25, 0.3) is 11.5 Å². The molecular formula is C25H25N3O8. The van der Waals surface area contributed by atoms with Crippen LogP contribution in [-0.2, 0) is 18.0 Å². The second-order valence-corrected chi connectivity index (χ2v) is 7.61. The van der Waals surface area contributed by atoms with Crippen molar-refractivity contribution in [2.75, 3.05) is 21.3 Å². The topological polar surface area (TPSA) is 128 Å². The monoisotopic (exact) mass is 495 g/mol. The number of hydrogen-bond donors (Lipinski definition) is 0. The Morgan fingerprint density at radius 1 is 0.944 bits per heavy atom. The summed E-state index contributed by atoms with van der Waals surface area (Å²) in [7, 11) is 4.53. The molecule has 36 heavy (non-hydrogen) atoms. The van der Waals surface area contributed by atoms with Crippen LogP contribution in [0, 0.1) is 13.8 Å². The van der Waals surface area contributed by atoms with Crippen molar-refractivity contribution in [3.8, 4) is 34.5 Å². The van der Waals surface area contributed by atoms with Gasteiger partial charge in [0.15, 0.2) is 18.1 Å². The third-order valence-electron chi connectivity index (χ3n) is 5.34. The molecule has 0 aliphatic rings. The summed E-state index contributed by atoms with van der Waals surface area (Å²) in [6, 6.07) is 10.0. The summed E-state index contributed by atoms with van der Waals surface area (Å²) < 4.78 is 38.0. The van der Waals surface area contributed by atoms with E-state index in [0.29, 0.717) is 39.9 Å². The van der Waals surface area contributed by atoms with Crippen LogP contribution in [0.3, 0.4) is 0 Å². The Bertz CT molecular complexity index is 1320. The Kier molecular flexibility index (Phi) is 7.38. The van der Waals surface area contributed by atoms with Crippen LogP contribution in [0.4, 0.5) is 0 Å². The number of carbonyl (C=O) groups is 1. The van der Waals surface area contributed by atoms with Crippen molar-refractivity contribution >= 4 is 5.97 Å². The van der Waals surface area contributed by atoms with Gasteiger partial charge in [0.2, 0.25) is 11.6 Å². The van der Waals surface area contributed by atoms with E-state index in [9.17, 15) is 4.79 Å². The number of esters is 1. The van der Waals surface area contributed by atoms with Crippen LogP contribution < -0.4 is 18.9 Å². The summed E-state index contributed by atoms with van der Waals surface area (Å²) in [4.78, 5) is 12.6. The Labute approximate surface area is 206 Å². The molecule has 11 nitrogen and oxygen atoms in total. The van der Waals surface area contributed by atoms with Gasteiger partial charge in [-0.2, -0.15) is 0 Å². The van der Waals surface area contributed by atoms with Gasteiger partial charge in [0.05, 0.1) is 38.2 Å². The SMILES string of the molecule is COc1cc(-c2nnc(COC(=O)c3cccc(OCc4c(C)noc4C)c3)o2)cc(OC)c1OC. The zero-order valence-electron chi connectivity index (χ0n) is 20.5. The predicted octanol–water partition coefficient (Wildman–Crippen LogP) is 4.30. The molecule has 11 heteroatoms. The molecule has 0 unspecified atom stereocenters. The number of methoxy groups -OCH3 is 3. The van der Waals surface area contributed by atoms with Crippen molar-refractivity contribution in [2.24, 2.45) is 0 Å². The molecular weight excluding hydrogens is 470 g/mol. The van der Waals surface area contributed by atoms with Gasteiger partial charge in [-0.25, -0.2) is 4.79 Å². The quantitative estimate of drug-likeness (QED) is 0.292. The number of ether oxygens (including phenoxy) is 5. The summed E-state index contributed by atoms with van der Waals surface area (Å²) >= 11 is 0. The molecule has 0 bridgehead atoms. The highest BCUT2D eigenvalue weighted by Crippen LogP contribution is 2.40. The van der Waals surface area contributed by atoms with E-state index >= 15 is 0 Å². The Morgan fingerprint density at radius 3 is 2.33 bits per heavy atom. The third-order valence-corrected chi connectivity index (χ3v) is 5.34. The van der Waals surface area contributed by atoms with Gasteiger partial charge in [0, 0.05) is 5.56 Å². The molecule has 0 radical (unpaired) electrons. The van der Waals surface area contributed by atoms with Gasteiger partial charge in [-0.15, -0.1) is 10.2 Å². The maximum Gasteiger partial charge on any atom is 0.338 e. The van der Waals surface area contributed by atoms with E-state index in [1.165, 1.54) is 21.3 Å². The number of rotatable bonds is 10. The number of aromatic nitrogens is 3. The minimum Gasteiger partial charge on any atom is -0.493 e. The first-order valence-corrected chi connectivity index (χ1v) is 10.9. The fourth-order valence-electron chi connectivity index (χ4n) is 3.42.